The van der Waals surface area contributed by atoms with E-state index >= 15 is 0 Å². The summed E-state index contributed by atoms with van der Waals surface area (Å²) in [6, 6.07) is 1.69. The Morgan fingerprint density at radius 3 is 3.00 bits per heavy atom. The number of hydrogen-bond donors (Lipinski definition) is 1. The van der Waals surface area contributed by atoms with Crippen molar-refractivity contribution in [2.75, 3.05) is 0 Å². The van der Waals surface area contributed by atoms with E-state index in [9.17, 15) is 4.79 Å². The van der Waals surface area contributed by atoms with Crippen LogP contribution in [0.4, 0.5) is 0 Å². The van der Waals surface area contributed by atoms with Crippen LogP contribution in [0, 0.1) is 0 Å². The van der Waals surface area contributed by atoms with Crippen LogP contribution in [-0.2, 0) is 5.88 Å². The lowest BCUT2D eigenvalue weighted by Crippen LogP contribution is -2.19. The SMILES string of the molecule is O=c1ncccn1CS. The largest absolute Gasteiger partial charge is 0.348 e. The zero-order chi connectivity index (χ0) is 6.69. The Labute approximate surface area is 57.8 Å². The lowest BCUT2D eigenvalue weighted by molar-refractivity contribution is 0.797. The van der Waals surface area contributed by atoms with Crippen molar-refractivity contribution in [3.8, 4) is 0 Å². The van der Waals surface area contributed by atoms with E-state index in [1.54, 1.807) is 12.3 Å². The third-order valence-electron chi connectivity index (χ3n) is 0.935. The Morgan fingerprint density at radius 1 is 1.78 bits per heavy atom. The molecule has 1 rings (SSSR count). The van der Waals surface area contributed by atoms with Gasteiger partial charge in [-0.2, -0.15) is 12.6 Å². The minimum absolute atomic E-state index is 0.257. The second-order valence-electron chi connectivity index (χ2n) is 1.51. The van der Waals surface area contributed by atoms with E-state index in [2.05, 4.69) is 17.6 Å². The van der Waals surface area contributed by atoms with Crippen molar-refractivity contribution in [2.24, 2.45) is 0 Å². The molecule has 0 atom stereocenters. The summed E-state index contributed by atoms with van der Waals surface area (Å²) < 4.78 is 1.41. The van der Waals surface area contributed by atoms with Crippen LogP contribution in [0.5, 0.6) is 0 Å². The molecule has 0 unspecified atom stereocenters. The molecule has 0 aliphatic carbocycles. The first-order valence-electron chi connectivity index (χ1n) is 2.47. The van der Waals surface area contributed by atoms with Gasteiger partial charge in [-0.25, -0.2) is 9.78 Å². The van der Waals surface area contributed by atoms with Crippen LogP contribution >= 0.6 is 12.6 Å². The molecule has 4 heteroatoms. The molecule has 0 radical (unpaired) electrons. The second kappa shape index (κ2) is 2.68. The highest BCUT2D eigenvalue weighted by Gasteiger charge is 1.86. The average molecular weight is 142 g/mol. The van der Waals surface area contributed by atoms with E-state index in [1.807, 2.05) is 0 Å². The van der Waals surface area contributed by atoms with Crippen LogP contribution in [0.2, 0.25) is 0 Å². The van der Waals surface area contributed by atoms with E-state index in [4.69, 9.17) is 0 Å². The molecule has 0 spiro atoms. The van der Waals surface area contributed by atoms with E-state index in [0.29, 0.717) is 5.88 Å². The van der Waals surface area contributed by atoms with Crippen molar-refractivity contribution in [3.63, 3.8) is 0 Å². The van der Waals surface area contributed by atoms with Crippen molar-refractivity contribution >= 4 is 12.6 Å². The Balaban J connectivity index is 3.16. The van der Waals surface area contributed by atoms with Gasteiger partial charge in [-0.05, 0) is 6.07 Å². The quantitative estimate of drug-likeness (QED) is 0.566. The van der Waals surface area contributed by atoms with Crippen LogP contribution in [0.15, 0.2) is 23.3 Å². The molecule has 9 heavy (non-hydrogen) atoms. The first-order chi connectivity index (χ1) is 4.34. The minimum Gasteiger partial charge on any atom is -0.290 e. The van der Waals surface area contributed by atoms with E-state index in [0.717, 1.165) is 0 Å². The first-order valence-corrected chi connectivity index (χ1v) is 3.10. The van der Waals surface area contributed by atoms with Crippen LogP contribution < -0.4 is 5.69 Å². The number of rotatable bonds is 1. The van der Waals surface area contributed by atoms with Crippen LogP contribution in [-0.4, -0.2) is 9.55 Å². The summed E-state index contributed by atoms with van der Waals surface area (Å²) in [6.45, 7) is 0. The highest BCUT2D eigenvalue weighted by Crippen LogP contribution is 1.80. The van der Waals surface area contributed by atoms with Gasteiger partial charge >= 0.3 is 5.69 Å². The standard InChI is InChI=1S/C5H6N2OS/c8-5-6-2-1-3-7(5)4-9/h1-3,9H,4H2. The first kappa shape index (κ1) is 6.35. The Morgan fingerprint density at radius 2 is 2.56 bits per heavy atom. The van der Waals surface area contributed by atoms with Gasteiger partial charge in [0, 0.05) is 12.4 Å². The molecule has 0 saturated heterocycles. The Kier molecular flexibility index (Phi) is 1.89. The maximum atomic E-state index is 10.7. The summed E-state index contributed by atoms with van der Waals surface area (Å²) in [4.78, 5) is 14.2. The maximum absolute atomic E-state index is 10.7. The fraction of sp³-hybridized carbons (Fsp3) is 0.200. The smallest absolute Gasteiger partial charge is 0.290 e. The molecule has 0 amide bonds. The normalized spacial score (nSPS) is 9.44. The van der Waals surface area contributed by atoms with Gasteiger partial charge in [0.1, 0.15) is 0 Å². The molecule has 1 aromatic rings. The third-order valence-corrected chi connectivity index (χ3v) is 1.24. The Bertz CT molecular complexity index is 245. The molecular weight excluding hydrogens is 136 g/mol. The van der Waals surface area contributed by atoms with Gasteiger partial charge in [0.05, 0.1) is 5.88 Å². The zero-order valence-electron chi connectivity index (χ0n) is 4.69. The monoisotopic (exact) mass is 142 g/mol. The summed E-state index contributed by atoms with van der Waals surface area (Å²) in [6.07, 6.45) is 3.10. The molecule has 1 heterocycles. The molecule has 0 fully saturated rings. The van der Waals surface area contributed by atoms with Crippen molar-refractivity contribution in [2.45, 2.75) is 5.88 Å². The van der Waals surface area contributed by atoms with E-state index in [-0.39, 0.29) is 5.69 Å². The Hall–Kier alpha value is -0.770. The van der Waals surface area contributed by atoms with Gasteiger partial charge in [0.15, 0.2) is 0 Å². The summed E-state index contributed by atoms with van der Waals surface area (Å²) in [5.74, 6) is 0.382. The molecular formula is C5H6N2OS. The fourth-order valence-electron chi connectivity index (χ4n) is 0.495. The van der Waals surface area contributed by atoms with Gasteiger partial charge in [-0.15, -0.1) is 0 Å². The molecule has 0 aliphatic rings. The number of aromatic nitrogens is 2. The van der Waals surface area contributed by atoms with Crippen LogP contribution in [0.25, 0.3) is 0 Å². The van der Waals surface area contributed by atoms with Gasteiger partial charge in [-0.1, -0.05) is 0 Å². The predicted octanol–water partition coefficient (Wildman–Crippen LogP) is 0.131. The molecule has 48 valence electrons. The van der Waals surface area contributed by atoms with Gasteiger partial charge in [0.2, 0.25) is 0 Å². The molecule has 0 N–H and O–H groups in total. The van der Waals surface area contributed by atoms with Gasteiger partial charge < -0.3 is 0 Å². The summed E-state index contributed by atoms with van der Waals surface area (Å²) in [5, 5.41) is 0. The lowest BCUT2D eigenvalue weighted by Gasteiger charge is -1.94. The summed E-state index contributed by atoms with van der Waals surface area (Å²) in [7, 11) is 0. The zero-order valence-corrected chi connectivity index (χ0v) is 5.58. The topological polar surface area (TPSA) is 34.9 Å². The summed E-state index contributed by atoms with van der Waals surface area (Å²) >= 11 is 3.90. The highest BCUT2D eigenvalue weighted by molar-refractivity contribution is 7.79. The third kappa shape index (κ3) is 1.32. The van der Waals surface area contributed by atoms with Crippen molar-refractivity contribution in [1.29, 1.82) is 0 Å². The number of nitrogens with zero attached hydrogens (tertiary/aromatic N) is 2. The maximum Gasteiger partial charge on any atom is 0.348 e. The highest BCUT2D eigenvalue weighted by atomic mass is 32.1. The van der Waals surface area contributed by atoms with Crippen LogP contribution in [0.3, 0.4) is 0 Å². The molecule has 1 aromatic heterocycles. The molecule has 0 aromatic carbocycles. The predicted molar refractivity (Wildman–Crippen MR) is 37.5 cm³/mol. The van der Waals surface area contributed by atoms with E-state index < -0.39 is 0 Å². The van der Waals surface area contributed by atoms with Crippen LogP contribution in [0.1, 0.15) is 0 Å². The van der Waals surface area contributed by atoms with Crippen molar-refractivity contribution in [1.82, 2.24) is 9.55 Å². The average Bonchev–Trinajstić information content (AvgIpc) is 1.89. The minimum atomic E-state index is -0.257. The number of hydrogen-bond acceptors (Lipinski definition) is 3. The van der Waals surface area contributed by atoms with Gasteiger partial charge in [0.25, 0.3) is 0 Å². The van der Waals surface area contributed by atoms with Crippen molar-refractivity contribution in [3.05, 3.63) is 28.9 Å². The second-order valence-corrected chi connectivity index (χ2v) is 1.80. The van der Waals surface area contributed by atoms with Crippen molar-refractivity contribution < 1.29 is 0 Å². The molecule has 0 bridgehead atoms. The van der Waals surface area contributed by atoms with Gasteiger partial charge in [-0.3, -0.25) is 4.57 Å². The number of thiol groups is 1. The molecule has 0 aliphatic heterocycles. The van der Waals surface area contributed by atoms with E-state index in [1.165, 1.54) is 10.8 Å². The lowest BCUT2D eigenvalue weighted by atomic mass is 10.7. The summed E-state index contributed by atoms with van der Waals surface area (Å²) in [5.41, 5.74) is -0.257. The molecule has 0 saturated carbocycles. The molecule has 3 nitrogen and oxygen atoms in total. The fourth-order valence-corrected chi connectivity index (χ4v) is 0.710.